The van der Waals surface area contributed by atoms with E-state index in [1.807, 2.05) is 0 Å². The van der Waals surface area contributed by atoms with Crippen LogP contribution in [-0.2, 0) is 9.47 Å². The maximum atomic E-state index is 5.83. The summed E-state index contributed by atoms with van der Waals surface area (Å²) in [4.78, 5) is 0. The van der Waals surface area contributed by atoms with E-state index >= 15 is 0 Å². The summed E-state index contributed by atoms with van der Waals surface area (Å²) in [5, 5.41) is 3.60. The molecule has 1 saturated carbocycles. The quantitative estimate of drug-likeness (QED) is 0.632. The molecule has 0 aliphatic heterocycles. The van der Waals surface area contributed by atoms with Gasteiger partial charge in [-0.3, -0.25) is 0 Å². The summed E-state index contributed by atoms with van der Waals surface area (Å²) < 4.78 is 11.2. The van der Waals surface area contributed by atoms with Crippen LogP contribution in [0, 0.1) is 0 Å². The topological polar surface area (TPSA) is 30.5 Å². The zero-order chi connectivity index (χ0) is 12.3. The Morgan fingerprint density at radius 1 is 0.941 bits per heavy atom. The summed E-state index contributed by atoms with van der Waals surface area (Å²) in [5.74, 6) is 0. The molecule has 3 heteroatoms. The second-order valence-corrected chi connectivity index (χ2v) is 4.91. The Morgan fingerprint density at radius 3 is 2.35 bits per heavy atom. The Hall–Kier alpha value is -0.120. The summed E-state index contributed by atoms with van der Waals surface area (Å²) >= 11 is 0. The molecule has 0 heterocycles. The number of rotatable bonds is 9. The fraction of sp³-hybridized carbons (Fsp3) is 1.00. The van der Waals surface area contributed by atoms with Crippen molar-refractivity contribution in [2.45, 2.75) is 64.5 Å². The Bertz CT molecular complexity index is 165. The molecule has 1 fully saturated rings. The third-order valence-corrected chi connectivity index (χ3v) is 3.29. The van der Waals surface area contributed by atoms with Gasteiger partial charge in [-0.05, 0) is 45.1 Å². The third-order valence-electron chi connectivity index (χ3n) is 3.29. The van der Waals surface area contributed by atoms with Crippen LogP contribution < -0.4 is 5.32 Å². The van der Waals surface area contributed by atoms with Crippen LogP contribution in [0.2, 0.25) is 0 Å². The van der Waals surface area contributed by atoms with E-state index in [-0.39, 0.29) is 0 Å². The number of hydrogen-bond donors (Lipinski definition) is 1. The summed E-state index contributed by atoms with van der Waals surface area (Å²) in [7, 11) is 0. The SMILES string of the molecule is CCCNC1CCC(OCCOCCC)CC1. The smallest absolute Gasteiger partial charge is 0.0704 e. The van der Waals surface area contributed by atoms with Gasteiger partial charge in [-0.15, -0.1) is 0 Å². The molecule has 0 atom stereocenters. The van der Waals surface area contributed by atoms with Gasteiger partial charge < -0.3 is 14.8 Å². The van der Waals surface area contributed by atoms with Crippen molar-refractivity contribution in [3.63, 3.8) is 0 Å². The first-order valence-corrected chi connectivity index (χ1v) is 7.29. The molecular formula is C14H29NO2. The molecule has 1 aliphatic rings. The Morgan fingerprint density at radius 2 is 1.71 bits per heavy atom. The van der Waals surface area contributed by atoms with Gasteiger partial charge in [-0.25, -0.2) is 0 Å². The largest absolute Gasteiger partial charge is 0.379 e. The molecule has 0 aromatic heterocycles. The van der Waals surface area contributed by atoms with Gasteiger partial charge in [-0.1, -0.05) is 13.8 Å². The van der Waals surface area contributed by atoms with Crippen molar-refractivity contribution in [3.8, 4) is 0 Å². The molecule has 0 radical (unpaired) electrons. The van der Waals surface area contributed by atoms with Crippen LogP contribution in [0.3, 0.4) is 0 Å². The van der Waals surface area contributed by atoms with Gasteiger partial charge in [0.15, 0.2) is 0 Å². The molecule has 1 rings (SSSR count). The first-order chi connectivity index (χ1) is 8.36. The Kier molecular flexibility index (Phi) is 8.67. The highest BCUT2D eigenvalue weighted by atomic mass is 16.5. The van der Waals surface area contributed by atoms with E-state index in [9.17, 15) is 0 Å². The van der Waals surface area contributed by atoms with Crippen LogP contribution in [0.5, 0.6) is 0 Å². The van der Waals surface area contributed by atoms with E-state index in [0.29, 0.717) is 6.10 Å². The molecule has 3 nitrogen and oxygen atoms in total. The van der Waals surface area contributed by atoms with Crippen molar-refractivity contribution >= 4 is 0 Å². The Balaban J connectivity index is 1.95. The van der Waals surface area contributed by atoms with Gasteiger partial charge in [0.05, 0.1) is 19.3 Å². The van der Waals surface area contributed by atoms with Crippen molar-refractivity contribution < 1.29 is 9.47 Å². The van der Waals surface area contributed by atoms with Crippen molar-refractivity contribution in [3.05, 3.63) is 0 Å². The van der Waals surface area contributed by atoms with Crippen LogP contribution in [0.25, 0.3) is 0 Å². The minimum Gasteiger partial charge on any atom is -0.379 e. The van der Waals surface area contributed by atoms with E-state index in [4.69, 9.17) is 9.47 Å². The van der Waals surface area contributed by atoms with Gasteiger partial charge in [0, 0.05) is 12.6 Å². The first kappa shape index (κ1) is 14.9. The van der Waals surface area contributed by atoms with Crippen LogP contribution in [0.1, 0.15) is 52.4 Å². The monoisotopic (exact) mass is 243 g/mol. The van der Waals surface area contributed by atoms with Crippen molar-refractivity contribution in [1.29, 1.82) is 0 Å². The highest BCUT2D eigenvalue weighted by molar-refractivity contribution is 4.77. The molecule has 0 bridgehead atoms. The Labute approximate surface area is 106 Å². The average molecular weight is 243 g/mol. The molecule has 0 amide bonds. The normalized spacial score (nSPS) is 25.1. The number of nitrogens with one attached hydrogen (secondary N) is 1. The van der Waals surface area contributed by atoms with Crippen LogP contribution in [0.15, 0.2) is 0 Å². The zero-order valence-electron chi connectivity index (χ0n) is 11.5. The molecule has 0 spiro atoms. The van der Waals surface area contributed by atoms with E-state index in [1.54, 1.807) is 0 Å². The van der Waals surface area contributed by atoms with Gasteiger partial charge in [0.2, 0.25) is 0 Å². The standard InChI is InChI=1S/C14H29NO2/c1-3-9-15-13-5-7-14(8-6-13)17-12-11-16-10-4-2/h13-15H,3-12H2,1-2H3. The third kappa shape index (κ3) is 7.02. The van der Waals surface area contributed by atoms with E-state index in [0.717, 1.165) is 38.8 Å². The summed E-state index contributed by atoms with van der Waals surface area (Å²) in [5.41, 5.74) is 0. The lowest BCUT2D eigenvalue weighted by atomic mass is 9.93. The van der Waals surface area contributed by atoms with Crippen LogP contribution in [-0.4, -0.2) is 38.5 Å². The predicted molar refractivity (Wildman–Crippen MR) is 71.4 cm³/mol. The second kappa shape index (κ2) is 9.86. The molecule has 17 heavy (non-hydrogen) atoms. The second-order valence-electron chi connectivity index (χ2n) is 4.91. The zero-order valence-corrected chi connectivity index (χ0v) is 11.5. The van der Waals surface area contributed by atoms with Crippen LogP contribution in [0.4, 0.5) is 0 Å². The van der Waals surface area contributed by atoms with Gasteiger partial charge in [-0.2, -0.15) is 0 Å². The first-order valence-electron chi connectivity index (χ1n) is 7.29. The lowest BCUT2D eigenvalue weighted by Crippen LogP contribution is -2.36. The summed E-state index contributed by atoms with van der Waals surface area (Å²) in [6.45, 7) is 7.88. The van der Waals surface area contributed by atoms with E-state index < -0.39 is 0 Å². The number of ether oxygens (including phenoxy) is 2. The lowest BCUT2D eigenvalue weighted by molar-refractivity contribution is -0.0133. The van der Waals surface area contributed by atoms with E-state index in [1.165, 1.54) is 32.1 Å². The summed E-state index contributed by atoms with van der Waals surface area (Å²) in [6, 6.07) is 0.728. The molecular weight excluding hydrogens is 214 g/mol. The minimum absolute atomic E-state index is 0.472. The van der Waals surface area contributed by atoms with Crippen LogP contribution >= 0.6 is 0 Å². The fourth-order valence-corrected chi connectivity index (χ4v) is 2.30. The highest BCUT2D eigenvalue weighted by Crippen LogP contribution is 2.21. The molecule has 0 aromatic rings. The van der Waals surface area contributed by atoms with Crippen molar-refractivity contribution in [2.75, 3.05) is 26.4 Å². The molecule has 1 N–H and O–H groups in total. The summed E-state index contributed by atoms with van der Waals surface area (Å²) in [6.07, 6.45) is 7.73. The number of hydrogen-bond acceptors (Lipinski definition) is 3. The minimum atomic E-state index is 0.472. The molecule has 0 aromatic carbocycles. The fourth-order valence-electron chi connectivity index (χ4n) is 2.30. The molecule has 102 valence electrons. The van der Waals surface area contributed by atoms with Gasteiger partial charge in [0.1, 0.15) is 0 Å². The molecule has 1 aliphatic carbocycles. The van der Waals surface area contributed by atoms with Crippen molar-refractivity contribution in [1.82, 2.24) is 5.32 Å². The van der Waals surface area contributed by atoms with Gasteiger partial charge in [0.25, 0.3) is 0 Å². The average Bonchev–Trinajstić information content (AvgIpc) is 2.37. The highest BCUT2D eigenvalue weighted by Gasteiger charge is 2.20. The molecule has 0 saturated heterocycles. The lowest BCUT2D eigenvalue weighted by Gasteiger charge is -2.29. The van der Waals surface area contributed by atoms with Gasteiger partial charge >= 0.3 is 0 Å². The van der Waals surface area contributed by atoms with Crippen molar-refractivity contribution in [2.24, 2.45) is 0 Å². The predicted octanol–water partition coefficient (Wildman–Crippen LogP) is 2.74. The molecule has 0 unspecified atom stereocenters. The maximum Gasteiger partial charge on any atom is 0.0704 e. The van der Waals surface area contributed by atoms with E-state index in [2.05, 4.69) is 19.2 Å². The maximum absolute atomic E-state index is 5.83.